The standard InChI is InChI=1S/C12H14N2O/c1-10(8-9-11(2)15)13-14-12-6-4-3-5-7-12/h3-9,14H,1-2H3. The molecular weight excluding hydrogens is 188 g/mol. The summed E-state index contributed by atoms with van der Waals surface area (Å²) >= 11 is 0. The summed E-state index contributed by atoms with van der Waals surface area (Å²) in [4.78, 5) is 10.7. The van der Waals surface area contributed by atoms with Gasteiger partial charge in [-0.3, -0.25) is 10.2 Å². The molecule has 1 aromatic rings. The Balaban J connectivity index is 2.55. The Morgan fingerprint density at radius 2 is 1.87 bits per heavy atom. The normalized spacial score (nSPS) is 11.7. The third-order valence-corrected chi connectivity index (χ3v) is 1.69. The van der Waals surface area contributed by atoms with Crippen molar-refractivity contribution in [3.05, 3.63) is 42.5 Å². The molecule has 1 N–H and O–H groups in total. The number of anilines is 1. The number of para-hydroxylation sites is 1. The average molecular weight is 202 g/mol. The third-order valence-electron chi connectivity index (χ3n) is 1.69. The molecule has 0 aromatic heterocycles. The van der Waals surface area contributed by atoms with Gasteiger partial charge >= 0.3 is 0 Å². The summed E-state index contributed by atoms with van der Waals surface area (Å²) in [5, 5.41) is 4.09. The Labute approximate surface area is 89.5 Å². The van der Waals surface area contributed by atoms with Crippen molar-refractivity contribution in [1.29, 1.82) is 0 Å². The molecule has 15 heavy (non-hydrogen) atoms. The quantitative estimate of drug-likeness (QED) is 0.463. The number of hydrazone groups is 1. The number of benzene rings is 1. The van der Waals surface area contributed by atoms with Crippen LogP contribution in [0.2, 0.25) is 0 Å². The molecule has 0 saturated heterocycles. The number of carbonyl (C=O) groups excluding carboxylic acids is 1. The van der Waals surface area contributed by atoms with Gasteiger partial charge in [-0.2, -0.15) is 5.10 Å². The van der Waals surface area contributed by atoms with Crippen molar-refractivity contribution in [3.63, 3.8) is 0 Å². The van der Waals surface area contributed by atoms with Crippen LogP contribution < -0.4 is 5.43 Å². The Bertz CT molecular complexity index is 380. The topological polar surface area (TPSA) is 41.5 Å². The van der Waals surface area contributed by atoms with Crippen molar-refractivity contribution in [3.8, 4) is 0 Å². The van der Waals surface area contributed by atoms with Crippen LogP contribution in [-0.2, 0) is 4.79 Å². The lowest BCUT2D eigenvalue weighted by molar-refractivity contribution is -0.112. The van der Waals surface area contributed by atoms with E-state index in [1.54, 1.807) is 6.08 Å². The molecule has 0 heterocycles. The molecule has 3 heteroatoms. The molecule has 0 bridgehead atoms. The number of allylic oxidation sites excluding steroid dienone is 2. The van der Waals surface area contributed by atoms with E-state index in [2.05, 4.69) is 10.5 Å². The lowest BCUT2D eigenvalue weighted by atomic mass is 10.3. The van der Waals surface area contributed by atoms with Crippen LogP contribution in [0.3, 0.4) is 0 Å². The minimum absolute atomic E-state index is 0.0178. The fourth-order valence-corrected chi connectivity index (χ4v) is 0.941. The molecular formula is C12H14N2O. The van der Waals surface area contributed by atoms with Crippen LogP contribution in [0.4, 0.5) is 5.69 Å². The molecule has 0 radical (unpaired) electrons. The van der Waals surface area contributed by atoms with Gasteiger partial charge in [-0.15, -0.1) is 0 Å². The highest BCUT2D eigenvalue weighted by Gasteiger charge is 1.88. The SMILES string of the molecule is CC(=O)C=CC(C)=NNc1ccccc1. The lowest BCUT2D eigenvalue weighted by Gasteiger charge is -1.99. The van der Waals surface area contributed by atoms with Crippen LogP contribution in [-0.4, -0.2) is 11.5 Å². The summed E-state index contributed by atoms with van der Waals surface area (Å²) in [6, 6.07) is 9.64. The average Bonchev–Trinajstić information content (AvgIpc) is 2.25. The van der Waals surface area contributed by atoms with E-state index in [9.17, 15) is 4.79 Å². The zero-order chi connectivity index (χ0) is 11.1. The molecule has 0 spiro atoms. The fourth-order valence-electron chi connectivity index (χ4n) is 0.941. The van der Waals surface area contributed by atoms with Crippen LogP contribution in [0.25, 0.3) is 0 Å². The van der Waals surface area contributed by atoms with E-state index in [0.717, 1.165) is 11.4 Å². The van der Waals surface area contributed by atoms with Crippen molar-refractivity contribution in [2.45, 2.75) is 13.8 Å². The first kappa shape index (κ1) is 11.2. The summed E-state index contributed by atoms with van der Waals surface area (Å²) in [5.74, 6) is 0.0178. The molecule has 1 rings (SSSR count). The molecule has 78 valence electrons. The van der Waals surface area contributed by atoms with Gasteiger partial charge in [0.05, 0.1) is 11.4 Å². The number of carbonyl (C=O) groups is 1. The van der Waals surface area contributed by atoms with E-state index in [-0.39, 0.29) is 5.78 Å². The minimum atomic E-state index is 0.0178. The largest absolute Gasteiger partial charge is 0.295 e. The van der Waals surface area contributed by atoms with Gasteiger partial charge < -0.3 is 0 Å². The van der Waals surface area contributed by atoms with Crippen molar-refractivity contribution in [2.24, 2.45) is 5.10 Å². The van der Waals surface area contributed by atoms with Crippen molar-refractivity contribution < 1.29 is 4.79 Å². The highest BCUT2D eigenvalue weighted by Crippen LogP contribution is 2.04. The highest BCUT2D eigenvalue weighted by molar-refractivity contribution is 5.99. The number of ketones is 1. The van der Waals surface area contributed by atoms with Gasteiger partial charge in [-0.25, -0.2) is 0 Å². The molecule has 0 saturated carbocycles. The fraction of sp³-hybridized carbons (Fsp3) is 0.167. The second-order valence-electron chi connectivity index (χ2n) is 3.17. The predicted molar refractivity (Wildman–Crippen MR) is 63.0 cm³/mol. The monoisotopic (exact) mass is 202 g/mol. The first-order chi connectivity index (χ1) is 7.18. The maximum atomic E-state index is 10.7. The maximum Gasteiger partial charge on any atom is 0.152 e. The first-order valence-electron chi connectivity index (χ1n) is 4.72. The van der Waals surface area contributed by atoms with E-state index in [0.29, 0.717) is 0 Å². The van der Waals surface area contributed by atoms with Crippen LogP contribution in [0.1, 0.15) is 13.8 Å². The molecule has 0 aliphatic heterocycles. The van der Waals surface area contributed by atoms with Crippen molar-refractivity contribution in [2.75, 3.05) is 5.43 Å². The molecule has 0 aliphatic carbocycles. The Kier molecular flexibility index (Phi) is 4.29. The van der Waals surface area contributed by atoms with E-state index >= 15 is 0 Å². The molecule has 0 aliphatic rings. The Morgan fingerprint density at radius 3 is 2.47 bits per heavy atom. The second kappa shape index (κ2) is 5.75. The van der Waals surface area contributed by atoms with Crippen LogP contribution in [0.5, 0.6) is 0 Å². The van der Waals surface area contributed by atoms with Crippen molar-refractivity contribution in [1.82, 2.24) is 0 Å². The van der Waals surface area contributed by atoms with Gasteiger partial charge in [0, 0.05) is 0 Å². The Hall–Kier alpha value is -1.90. The zero-order valence-electron chi connectivity index (χ0n) is 8.90. The van der Waals surface area contributed by atoms with E-state index in [1.807, 2.05) is 37.3 Å². The van der Waals surface area contributed by atoms with Crippen LogP contribution in [0.15, 0.2) is 47.6 Å². The summed E-state index contributed by atoms with van der Waals surface area (Å²) in [5.41, 5.74) is 4.58. The van der Waals surface area contributed by atoms with E-state index in [1.165, 1.54) is 13.0 Å². The molecule has 3 nitrogen and oxygen atoms in total. The highest BCUT2D eigenvalue weighted by atomic mass is 16.1. The summed E-state index contributed by atoms with van der Waals surface area (Å²) in [6.07, 6.45) is 3.17. The molecule has 0 amide bonds. The third kappa shape index (κ3) is 4.76. The van der Waals surface area contributed by atoms with Gasteiger partial charge in [0.25, 0.3) is 0 Å². The van der Waals surface area contributed by atoms with Crippen LogP contribution >= 0.6 is 0 Å². The lowest BCUT2D eigenvalue weighted by Crippen LogP contribution is -1.95. The molecule has 0 unspecified atom stereocenters. The summed E-state index contributed by atoms with van der Waals surface area (Å²) < 4.78 is 0. The molecule has 0 atom stereocenters. The summed E-state index contributed by atoms with van der Waals surface area (Å²) in [7, 11) is 0. The number of nitrogens with one attached hydrogen (secondary N) is 1. The van der Waals surface area contributed by atoms with Gasteiger partial charge in [-0.05, 0) is 38.1 Å². The maximum absolute atomic E-state index is 10.7. The second-order valence-corrected chi connectivity index (χ2v) is 3.17. The van der Waals surface area contributed by atoms with Gasteiger partial charge in [0.2, 0.25) is 0 Å². The molecule has 1 aromatic carbocycles. The first-order valence-corrected chi connectivity index (χ1v) is 4.72. The van der Waals surface area contributed by atoms with Gasteiger partial charge in [0.15, 0.2) is 5.78 Å². The Morgan fingerprint density at radius 1 is 1.20 bits per heavy atom. The predicted octanol–water partition coefficient (Wildman–Crippen LogP) is 2.62. The number of nitrogens with zero attached hydrogens (tertiary/aromatic N) is 1. The smallest absolute Gasteiger partial charge is 0.152 e. The zero-order valence-corrected chi connectivity index (χ0v) is 8.90. The van der Waals surface area contributed by atoms with Crippen molar-refractivity contribution >= 4 is 17.2 Å². The van der Waals surface area contributed by atoms with E-state index < -0.39 is 0 Å². The van der Waals surface area contributed by atoms with Crippen LogP contribution in [0, 0.1) is 0 Å². The number of hydrogen-bond acceptors (Lipinski definition) is 3. The number of rotatable bonds is 4. The minimum Gasteiger partial charge on any atom is -0.295 e. The van der Waals surface area contributed by atoms with Gasteiger partial charge in [-0.1, -0.05) is 18.2 Å². The van der Waals surface area contributed by atoms with Gasteiger partial charge in [0.1, 0.15) is 0 Å². The van der Waals surface area contributed by atoms with E-state index in [4.69, 9.17) is 0 Å². The summed E-state index contributed by atoms with van der Waals surface area (Å²) in [6.45, 7) is 3.34. The number of hydrogen-bond donors (Lipinski definition) is 1. The molecule has 0 fully saturated rings.